The summed E-state index contributed by atoms with van der Waals surface area (Å²) >= 11 is 0. The fraction of sp³-hybridized carbons (Fsp3) is 0.360. The number of morpholine rings is 1. The van der Waals surface area contributed by atoms with Crippen molar-refractivity contribution in [2.45, 2.75) is 6.42 Å². The van der Waals surface area contributed by atoms with Crippen LogP contribution < -0.4 is 20.1 Å². The van der Waals surface area contributed by atoms with Gasteiger partial charge in [-0.15, -0.1) is 0 Å². The zero-order valence-electron chi connectivity index (χ0n) is 19.0. The van der Waals surface area contributed by atoms with Gasteiger partial charge in [0.1, 0.15) is 19.0 Å². The fourth-order valence-corrected chi connectivity index (χ4v) is 4.03. The fourth-order valence-electron chi connectivity index (χ4n) is 4.03. The molecule has 1 aromatic heterocycles. The third-order valence-corrected chi connectivity index (χ3v) is 5.90. The van der Waals surface area contributed by atoms with E-state index in [-0.39, 0.29) is 5.91 Å². The molecule has 3 N–H and O–H groups in total. The van der Waals surface area contributed by atoms with Gasteiger partial charge in [0.2, 0.25) is 0 Å². The summed E-state index contributed by atoms with van der Waals surface area (Å²) in [6, 6.07) is 15.0. The van der Waals surface area contributed by atoms with Crippen LogP contribution in [0.25, 0.3) is 11.3 Å². The molecule has 0 spiro atoms. The van der Waals surface area contributed by atoms with E-state index in [9.17, 15) is 4.79 Å². The Kier molecular flexibility index (Phi) is 6.92. The maximum absolute atomic E-state index is 12.7. The summed E-state index contributed by atoms with van der Waals surface area (Å²) < 4.78 is 16.6. The quantitative estimate of drug-likeness (QED) is 0.441. The molecular weight excluding hydrogens is 434 g/mol. The first-order valence-corrected chi connectivity index (χ1v) is 11.7. The third-order valence-electron chi connectivity index (χ3n) is 5.90. The van der Waals surface area contributed by atoms with Gasteiger partial charge in [0.05, 0.1) is 18.9 Å². The predicted octanol–water partition coefficient (Wildman–Crippen LogP) is 3.23. The van der Waals surface area contributed by atoms with Crippen LogP contribution in [0.15, 0.2) is 48.5 Å². The number of fused-ring (bicyclic) bond motifs is 1. The van der Waals surface area contributed by atoms with E-state index in [4.69, 9.17) is 14.2 Å². The van der Waals surface area contributed by atoms with Gasteiger partial charge in [-0.25, -0.2) is 0 Å². The Morgan fingerprint density at radius 1 is 0.971 bits per heavy atom. The van der Waals surface area contributed by atoms with Gasteiger partial charge in [0, 0.05) is 42.5 Å². The molecule has 178 valence electrons. The molecule has 0 saturated carbocycles. The van der Waals surface area contributed by atoms with Gasteiger partial charge >= 0.3 is 0 Å². The van der Waals surface area contributed by atoms with Crippen molar-refractivity contribution in [3.63, 3.8) is 0 Å². The van der Waals surface area contributed by atoms with Gasteiger partial charge in [-0.1, -0.05) is 0 Å². The number of aromatic amines is 1. The van der Waals surface area contributed by atoms with Crippen molar-refractivity contribution in [3.05, 3.63) is 54.1 Å². The molecule has 0 aliphatic carbocycles. The van der Waals surface area contributed by atoms with E-state index in [0.717, 1.165) is 62.8 Å². The van der Waals surface area contributed by atoms with Crippen LogP contribution in [-0.4, -0.2) is 73.6 Å². The van der Waals surface area contributed by atoms with Crippen molar-refractivity contribution in [3.8, 4) is 22.8 Å². The van der Waals surface area contributed by atoms with Crippen LogP contribution in [0.2, 0.25) is 0 Å². The lowest BCUT2D eigenvalue weighted by Gasteiger charge is -2.26. The first-order chi connectivity index (χ1) is 16.7. The Labute approximate surface area is 198 Å². The zero-order chi connectivity index (χ0) is 23.2. The molecule has 0 bridgehead atoms. The Morgan fingerprint density at radius 2 is 1.76 bits per heavy atom. The molecule has 2 aliphatic rings. The molecule has 9 heteroatoms. The Bertz CT molecular complexity index is 1110. The number of hydrogen-bond acceptors (Lipinski definition) is 7. The second-order valence-corrected chi connectivity index (χ2v) is 8.29. The highest BCUT2D eigenvalue weighted by atomic mass is 16.6. The molecule has 34 heavy (non-hydrogen) atoms. The summed E-state index contributed by atoms with van der Waals surface area (Å²) in [6.45, 7) is 6.72. The number of hydrogen-bond donors (Lipinski definition) is 3. The average Bonchev–Trinajstić information content (AvgIpc) is 3.36. The second kappa shape index (κ2) is 10.6. The molecule has 1 fully saturated rings. The highest BCUT2D eigenvalue weighted by molar-refractivity contribution is 6.04. The highest BCUT2D eigenvalue weighted by Crippen LogP contribution is 2.34. The lowest BCUT2D eigenvalue weighted by atomic mass is 10.1. The normalized spacial score (nSPS) is 15.6. The van der Waals surface area contributed by atoms with E-state index < -0.39 is 0 Å². The van der Waals surface area contributed by atoms with Crippen molar-refractivity contribution >= 4 is 17.4 Å². The first-order valence-electron chi connectivity index (χ1n) is 11.7. The number of rotatable bonds is 8. The van der Waals surface area contributed by atoms with Crippen LogP contribution in [0.3, 0.4) is 0 Å². The van der Waals surface area contributed by atoms with Crippen molar-refractivity contribution in [2.24, 2.45) is 0 Å². The van der Waals surface area contributed by atoms with E-state index >= 15 is 0 Å². The lowest BCUT2D eigenvalue weighted by Crippen LogP contribution is -2.37. The van der Waals surface area contributed by atoms with E-state index in [1.54, 1.807) is 6.07 Å². The summed E-state index contributed by atoms with van der Waals surface area (Å²) in [4.78, 5) is 15.1. The number of nitrogens with one attached hydrogen (secondary N) is 3. The molecular formula is C25H29N5O4. The Hall–Kier alpha value is -3.56. The van der Waals surface area contributed by atoms with E-state index in [1.807, 2.05) is 42.5 Å². The largest absolute Gasteiger partial charge is 0.486 e. The maximum Gasteiger partial charge on any atom is 0.256 e. The number of ether oxygens (including phenoxy) is 3. The SMILES string of the molecule is O=C(Nc1cc(-c2ccc3c(c2)OCCO3)n[nH]1)c1ccc(NCCCN2CCOCC2)cc1. The molecule has 0 radical (unpaired) electrons. The summed E-state index contributed by atoms with van der Waals surface area (Å²) in [7, 11) is 0. The number of H-pyrrole nitrogens is 1. The van der Waals surface area contributed by atoms with Gasteiger partial charge in [0.25, 0.3) is 5.91 Å². The Morgan fingerprint density at radius 3 is 2.59 bits per heavy atom. The number of amides is 1. The number of nitrogens with zero attached hydrogens (tertiary/aromatic N) is 2. The minimum Gasteiger partial charge on any atom is -0.486 e. The molecule has 9 nitrogen and oxygen atoms in total. The number of carbonyl (C=O) groups excluding carboxylic acids is 1. The number of carbonyl (C=O) groups is 1. The summed E-state index contributed by atoms with van der Waals surface area (Å²) in [5, 5.41) is 13.5. The highest BCUT2D eigenvalue weighted by Gasteiger charge is 2.15. The predicted molar refractivity (Wildman–Crippen MR) is 130 cm³/mol. The molecule has 1 saturated heterocycles. The number of anilines is 2. The van der Waals surface area contributed by atoms with Crippen LogP contribution in [0, 0.1) is 0 Å². The molecule has 3 heterocycles. The van der Waals surface area contributed by atoms with Crippen LogP contribution in [0.4, 0.5) is 11.5 Å². The van der Waals surface area contributed by atoms with Gasteiger partial charge in [-0.2, -0.15) is 5.10 Å². The van der Waals surface area contributed by atoms with Crippen molar-refractivity contribution < 1.29 is 19.0 Å². The number of benzene rings is 2. The van der Waals surface area contributed by atoms with Crippen LogP contribution in [-0.2, 0) is 4.74 Å². The lowest BCUT2D eigenvalue weighted by molar-refractivity contribution is 0.0378. The molecule has 2 aromatic carbocycles. The van der Waals surface area contributed by atoms with Crippen LogP contribution in [0.5, 0.6) is 11.5 Å². The standard InChI is InChI=1S/C25H29N5O4/c31-25(18-2-5-20(6-3-18)26-8-1-9-30-10-12-32-13-11-30)27-24-17-21(28-29-24)19-4-7-22-23(16-19)34-15-14-33-22/h2-7,16-17,26H,1,8-15H2,(H2,27,28,29,31). The van der Waals surface area contributed by atoms with Crippen molar-refractivity contribution in [2.75, 3.05) is 63.2 Å². The molecule has 0 unspecified atom stereocenters. The van der Waals surface area contributed by atoms with Gasteiger partial charge in [0.15, 0.2) is 11.5 Å². The monoisotopic (exact) mass is 463 g/mol. The zero-order valence-corrected chi connectivity index (χ0v) is 19.0. The van der Waals surface area contributed by atoms with Crippen LogP contribution >= 0.6 is 0 Å². The molecule has 2 aliphatic heterocycles. The summed E-state index contributed by atoms with van der Waals surface area (Å²) in [5.41, 5.74) is 3.17. The molecule has 1 amide bonds. The molecule has 0 atom stereocenters. The first kappa shape index (κ1) is 22.2. The minimum atomic E-state index is -0.198. The number of aromatic nitrogens is 2. The molecule has 5 rings (SSSR count). The molecule has 3 aromatic rings. The average molecular weight is 464 g/mol. The van der Waals surface area contributed by atoms with E-state index in [2.05, 4.69) is 25.7 Å². The van der Waals surface area contributed by atoms with Gasteiger partial charge in [-0.3, -0.25) is 14.8 Å². The summed E-state index contributed by atoms with van der Waals surface area (Å²) in [5.74, 6) is 1.76. The van der Waals surface area contributed by atoms with E-state index in [1.165, 1.54) is 0 Å². The van der Waals surface area contributed by atoms with Crippen molar-refractivity contribution in [1.29, 1.82) is 0 Å². The van der Waals surface area contributed by atoms with Crippen molar-refractivity contribution in [1.82, 2.24) is 15.1 Å². The third kappa shape index (κ3) is 5.49. The van der Waals surface area contributed by atoms with E-state index in [0.29, 0.717) is 36.0 Å². The Balaban J connectivity index is 1.12. The minimum absolute atomic E-state index is 0.198. The summed E-state index contributed by atoms with van der Waals surface area (Å²) in [6.07, 6.45) is 1.06. The van der Waals surface area contributed by atoms with Crippen LogP contribution in [0.1, 0.15) is 16.8 Å². The van der Waals surface area contributed by atoms with Gasteiger partial charge < -0.3 is 24.8 Å². The maximum atomic E-state index is 12.7. The topological polar surface area (TPSA) is 101 Å². The smallest absolute Gasteiger partial charge is 0.256 e. The second-order valence-electron chi connectivity index (χ2n) is 8.29. The van der Waals surface area contributed by atoms with Gasteiger partial charge in [-0.05, 0) is 55.4 Å².